The van der Waals surface area contributed by atoms with Gasteiger partial charge in [0.15, 0.2) is 0 Å². The smallest absolute Gasteiger partial charge is 0.133 e. The lowest BCUT2D eigenvalue weighted by atomic mass is 10.2. The summed E-state index contributed by atoms with van der Waals surface area (Å²) >= 11 is 0. The third kappa shape index (κ3) is 3.43. The molecule has 0 spiro atoms. The van der Waals surface area contributed by atoms with Gasteiger partial charge in [0.2, 0.25) is 0 Å². The van der Waals surface area contributed by atoms with E-state index in [4.69, 9.17) is 5.26 Å². The fourth-order valence-corrected chi connectivity index (χ4v) is 2.69. The molecular formula is C19H12F2N6. The Hall–Kier alpha value is -3.86. The molecule has 0 aliphatic rings. The first-order valence-electron chi connectivity index (χ1n) is 8.01. The number of nitriles is 1. The molecule has 0 saturated heterocycles. The zero-order valence-electron chi connectivity index (χ0n) is 13.9. The van der Waals surface area contributed by atoms with Crippen molar-refractivity contribution in [2.45, 2.75) is 6.54 Å². The van der Waals surface area contributed by atoms with Gasteiger partial charge in [0.25, 0.3) is 0 Å². The van der Waals surface area contributed by atoms with Gasteiger partial charge in [0.1, 0.15) is 23.3 Å². The maximum atomic E-state index is 13.9. The van der Waals surface area contributed by atoms with Crippen LogP contribution in [0.4, 0.5) is 20.4 Å². The first-order valence-corrected chi connectivity index (χ1v) is 8.01. The molecule has 8 heteroatoms. The van der Waals surface area contributed by atoms with Crippen molar-refractivity contribution in [1.29, 1.82) is 5.26 Å². The van der Waals surface area contributed by atoms with E-state index in [1.807, 2.05) is 6.07 Å². The number of benzene rings is 1. The molecule has 1 N–H and O–H groups in total. The Bertz CT molecular complexity index is 1180. The Morgan fingerprint density at radius 3 is 2.74 bits per heavy atom. The van der Waals surface area contributed by atoms with Crippen molar-refractivity contribution in [2.75, 3.05) is 5.32 Å². The maximum absolute atomic E-state index is 13.9. The van der Waals surface area contributed by atoms with Crippen LogP contribution in [0.2, 0.25) is 0 Å². The summed E-state index contributed by atoms with van der Waals surface area (Å²) in [5.74, 6) is -0.0324. The Labute approximate surface area is 152 Å². The lowest BCUT2D eigenvalue weighted by Crippen LogP contribution is -2.04. The summed E-state index contributed by atoms with van der Waals surface area (Å²) in [6.07, 6.45) is 4.76. The number of nitrogens with one attached hydrogen (secondary N) is 1. The number of anilines is 2. The molecule has 27 heavy (non-hydrogen) atoms. The SMILES string of the molecule is N#Cc1ccnc(Nc2cc3c(cn2)cnn3Cc2cc(F)ccc2F)c1. The molecule has 4 aromatic rings. The molecule has 0 radical (unpaired) electrons. The molecule has 6 nitrogen and oxygen atoms in total. The highest BCUT2D eigenvalue weighted by Crippen LogP contribution is 2.21. The predicted octanol–water partition coefficient (Wildman–Crippen LogP) is 3.77. The van der Waals surface area contributed by atoms with Gasteiger partial charge in [-0.05, 0) is 30.3 Å². The summed E-state index contributed by atoms with van der Waals surface area (Å²) in [7, 11) is 0. The molecule has 0 atom stereocenters. The van der Waals surface area contributed by atoms with E-state index in [2.05, 4.69) is 20.4 Å². The van der Waals surface area contributed by atoms with Gasteiger partial charge in [0, 0.05) is 29.4 Å². The van der Waals surface area contributed by atoms with E-state index >= 15 is 0 Å². The Kier molecular flexibility index (Phi) is 4.18. The topological polar surface area (TPSA) is 79.4 Å². The zero-order chi connectivity index (χ0) is 18.8. The summed E-state index contributed by atoms with van der Waals surface area (Å²) in [4.78, 5) is 8.43. The summed E-state index contributed by atoms with van der Waals surface area (Å²) in [5, 5.41) is 17.0. The highest BCUT2D eigenvalue weighted by Gasteiger charge is 2.10. The summed E-state index contributed by atoms with van der Waals surface area (Å²) in [6.45, 7) is 0.0821. The van der Waals surface area contributed by atoms with E-state index in [0.717, 1.165) is 23.6 Å². The minimum atomic E-state index is -0.504. The van der Waals surface area contributed by atoms with Crippen LogP contribution in [-0.2, 0) is 6.54 Å². The van der Waals surface area contributed by atoms with Crippen LogP contribution in [0, 0.1) is 23.0 Å². The van der Waals surface area contributed by atoms with Gasteiger partial charge >= 0.3 is 0 Å². The molecule has 0 bridgehead atoms. The molecule has 3 heterocycles. The molecule has 0 fully saturated rings. The van der Waals surface area contributed by atoms with Crippen molar-refractivity contribution < 1.29 is 8.78 Å². The van der Waals surface area contributed by atoms with Crippen molar-refractivity contribution in [3.05, 3.63) is 77.8 Å². The number of rotatable bonds is 4. The molecule has 0 aliphatic carbocycles. The third-order valence-corrected chi connectivity index (χ3v) is 4.00. The first-order chi connectivity index (χ1) is 13.1. The van der Waals surface area contributed by atoms with Crippen LogP contribution in [0.15, 0.2) is 55.0 Å². The quantitative estimate of drug-likeness (QED) is 0.598. The number of hydrogen-bond donors (Lipinski definition) is 1. The van der Waals surface area contributed by atoms with E-state index in [1.165, 1.54) is 6.20 Å². The van der Waals surface area contributed by atoms with Gasteiger partial charge in [-0.1, -0.05) is 0 Å². The Morgan fingerprint density at radius 2 is 1.89 bits per heavy atom. The van der Waals surface area contributed by atoms with Crippen molar-refractivity contribution >= 4 is 22.5 Å². The molecule has 3 aromatic heterocycles. The van der Waals surface area contributed by atoms with Crippen molar-refractivity contribution in [2.24, 2.45) is 0 Å². The zero-order valence-corrected chi connectivity index (χ0v) is 13.9. The van der Waals surface area contributed by atoms with Gasteiger partial charge in [0.05, 0.1) is 29.9 Å². The fraction of sp³-hybridized carbons (Fsp3) is 0.0526. The summed E-state index contributed by atoms with van der Waals surface area (Å²) < 4.78 is 28.9. The number of hydrogen-bond acceptors (Lipinski definition) is 5. The Morgan fingerprint density at radius 1 is 1.04 bits per heavy atom. The van der Waals surface area contributed by atoms with Crippen molar-refractivity contribution in [3.8, 4) is 6.07 Å². The monoisotopic (exact) mass is 362 g/mol. The van der Waals surface area contributed by atoms with Crippen LogP contribution in [0.3, 0.4) is 0 Å². The third-order valence-electron chi connectivity index (χ3n) is 4.00. The lowest BCUT2D eigenvalue weighted by Gasteiger charge is -2.08. The van der Waals surface area contributed by atoms with Gasteiger partial charge in [-0.15, -0.1) is 0 Å². The second-order valence-corrected chi connectivity index (χ2v) is 5.83. The highest BCUT2D eigenvalue weighted by atomic mass is 19.1. The molecule has 0 saturated carbocycles. The second kappa shape index (κ2) is 6.80. The van der Waals surface area contributed by atoms with Crippen LogP contribution >= 0.6 is 0 Å². The van der Waals surface area contributed by atoms with E-state index in [-0.39, 0.29) is 12.1 Å². The lowest BCUT2D eigenvalue weighted by molar-refractivity contribution is 0.570. The molecule has 4 rings (SSSR count). The van der Waals surface area contributed by atoms with Crippen LogP contribution < -0.4 is 5.32 Å². The molecular weight excluding hydrogens is 350 g/mol. The highest BCUT2D eigenvalue weighted by molar-refractivity contribution is 5.81. The van der Waals surface area contributed by atoms with Crippen LogP contribution in [0.25, 0.3) is 10.9 Å². The van der Waals surface area contributed by atoms with Crippen molar-refractivity contribution in [1.82, 2.24) is 19.7 Å². The van der Waals surface area contributed by atoms with Crippen LogP contribution in [0.5, 0.6) is 0 Å². The standard InChI is InChI=1S/C19H12F2N6/c20-15-1-2-16(21)13(6-15)11-27-17-7-19(24-9-14(17)10-25-27)26-18-5-12(8-22)3-4-23-18/h1-7,9-10H,11H2,(H,23,24,26). The second-order valence-electron chi connectivity index (χ2n) is 5.83. The minimum Gasteiger partial charge on any atom is -0.325 e. The molecule has 1 aromatic carbocycles. The molecule has 132 valence electrons. The largest absolute Gasteiger partial charge is 0.325 e. The number of nitrogens with zero attached hydrogens (tertiary/aromatic N) is 5. The number of halogens is 2. The summed E-state index contributed by atoms with van der Waals surface area (Å²) in [5.41, 5.74) is 1.38. The average molecular weight is 362 g/mol. The van der Waals surface area contributed by atoms with E-state index in [0.29, 0.717) is 22.7 Å². The number of fused-ring (bicyclic) bond motifs is 1. The maximum Gasteiger partial charge on any atom is 0.133 e. The summed E-state index contributed by atoms with van der Waals surface area (Å²) in [6, 6.07) is 10.3. The average Bonchev–Trinajstić information content (AvgIpc) is 3.07. The molecule has 0 amide bonds. The number of pyridine rings is 2. The van der Waals surface area contributed by atoms with Gasteiger partial charge in [-0.2, -0.15) is 10.4 Å². The van der Waals surface area contributed by atoms with Gasteiger partial charge in [-0.3, -0.25) is 4.68 Å². The van der Waals surface area contributed by atoms with Gasteiger partial charge in [-0.25, -0.2) is 18.7 Å². The first kappa shape index (κ1) is 16.6. The number of aromatic nitrogens is 4. The molecule has 0 unspecified atom stereocenters. The predicted molar refractivity (Wildman–Crippen MR) is 95.2 cm³/mol. The van der Waals surface area contributed by atoms with Crippen molar-refractivity contribution in [3.63, 3.8) is 0 Å². The normalized spacial score (nSPS) is 10.7. The molecule has 0 aliphatic heterocycles. The van der Waals surface area contributed by atoms with E-state index in [1.54, 1.807) is 35.3 Å². The van der Waals surface area contributed by atoms with E-state index in [9.17, 15) is 8.78 Å². The van der Waals surface area contributed by atoms with Crippen LogP contribution in [0.1, 0.15) is 11.1 Å². The van der Waals surface area contributed by atoms with Gasteiger partial charge < -0.3 is 5.32 Å². The minimum absolute atomic E-state index is 0.0821. The van der Waals surface area contributed by atoms with E-state index < -0.39 is 11.6 Å². The Balaban J connectivity index is 1.66. The van der Waals surface area contributed by atoms with Crippen LogP contribution in [-0.4, -0.2) is 19.7 Å². The fourth-order valence-electron chi connectivity index (χ4n) is 2.69.